The fourth-order valence-corrected chi connectivity index (χ4v) is 3.13. The lowest BCUT2D eigenvalue weighted by Crippen LogP contribution is -2.36. The van der Waals surface area contributed by atoms with Crippen molar-refractivity contribution in [1.82, 2.24) is 5.06 Å². The number of carbonyl (C=O) groups excluding carboxylic acids is 2. The summed E-state index contributed by atoms with van der Waals surface area (Å²) < 4.78 is 0. The summed E-state index contributed by atoms with van der Waals surface area (Å²) in [6, 6.07) is 13.3. The molecule has 0 saturated heterocycles. The lowest BCUT2D eigenvalue weighted by Gasteiger charge is -2.31. The first-order valence-electron chi connectivity index (χ1n) is 8.26. The van der Waals surface area contributed by atoms with E-state index in [2.05, 4.69) is 0 Å². The summed E-state index contributed by atoms with van der Waals surface area (Å²) >= 11 is 0. The highest BCUT2D eigenvalue weighted by molar-refractivity contribution is 6.06. The molecule has 2 aromatic rings. The average molecular weight is 339 g/mol. The predicted octanol–water partition coefficient (Wildman–Crippen LogP) is 3.11. The maximum absolute atomic E-state index is 12.9. The van der Waals surface area contributed by atoms with Crippen LogP contribution in [0.3, 0.4) is 0 Å². The lowest BCUT2D eigenvalue weighted by atomic mass is 9.96. The van der Waals surface area contributed by atoms with Gasteiger partial charge < -0.3 is 10.6 Å². The molecule has 0 radical (unpaired) electrons. The van der Waals surface area contributed by atoms with Crippen LogP contribution in [-0.2, 0) is 6.42 Å². The number of hydroxylamine groups is 2. The van der Waals surface area contributed by atoms with Crippen molar-refractivity contribution in [3.63, 3.8) is 0 Å². The van der Waals surface area contributed by atoms with Crippen molar-refractivity contribution < 1.29 is 14.8 Å². The Balaban J connectivity index is 1.96. The second-order valence-corrected chi connectivity index (χ2v) is 6.17. The van der Waals surface area contributed by atoms with Crippen LogP contribution >= 0.6 is 0 Å². The maximum atomic E-state index is 12.9. The van der Waals surface area contributed by atoms with E-state index in [9.17, 15) is 14.8 Å². The molecule has 0 spiro atoms. The van der Waals surface area contributed by atoms with E-state index in [0.29, 0.717) is 22.7 Å². The number of benzene rings is 2. The van der Waals surface area contributed by atoms with Gasteiger partial charge in [-0.15, -0.1) is 0 Å². The number of fused-ring (bicyclic) bond motifs is 1. The van der Waals surface area contributed by atoms with Gasteiger partial charge in [-0.2, -0.15) is 5.06 Å². The third-order valence-corrected chi connectivity index (χ3v) is 4.57. The SMILES string of the molecule is CC(c1ccc2c(c1)N(C(=O)c1ccccc1)CCC2)N(O)C(N)=O. The van der Waals surface area contributed by atoms with Crippen LogP contribution in [-0.4, -0.2) is 28.8 Å². The summed E-state index contributed by atoms with van der Waals surface area (Å²) in [6.45, 7) is 2.32. The minimum Gasteiger partial charge on any atom is -0.350 e. The highest BCUT2D eigenvalue weighted by Crippen LogP contribution is 2.32. The first-order chi connectivity index (χ1) is 12.0. The molecule has 0 saturated carbocycles. The molecule has 1 atom stereocenters. The largest absolute Gasteiger partial charge is 0.350 e. The van der Waals surface area contributed by atoms with Crippen LogP contribution in [0, 0.1) is 0 Å². The minimum absolute atomic E-state index is 0.0536. The number of urea groups is 1. The number of carbonyl (C=O) groups is 2. The monoisotopic (exact) mass is 339 g/mol. The van der Waals surface area contributed by atoms with Crippen LogP contribution in [0.2, 0.25) is 0 Å². The molecule has 6 heteroatoms. The van der Waals surface area contributed by atoms with E-state index < -0.39 is 12.1 Å². The van der Waals surface area contributed by atoms with Gasteiger partial charge in [0.05, 0.1) is 6.04 Å². The fourth-order valence-electron chi connectivity index (χ4n) is 3.13. The summed E-state index contributed by atoms with van der Waals surface area (Å²) in [5.41, 5.74) is 8.39. The second kappa shape index (κ2) is 6.94. The van der Waals surface area contributed by atoms with Gasteiger partial charge in [0.15, 0.2) is 0 Å². The number of aryl methyl sites for hydroxylation is 1. The Morgan fingerprint density at radius 1 is 1.20 bits per heavy atom. The molecule has 3 amide bonds. The quantitative estimate of drug-likeness (QED) is 0.665. The van der Waals surface area contributed by atoms with E-state index in [-0.39, 0.29) is 5.91 Å². The summed E-state index contributed by atoms with van der Waals surface area (Å²) in [6.07, 6.45) is 1.79. The zero-order chi connectivity index (χ0) is 18.0. The Morgan fingerprint density at radius 2 is 1.92 bits per heavy atom. The fraction of sp³-hybridized carbons (Fsp3) is 0.263. The lowest BCUT2D eigenvalue weighted by molar-refractivity contribution is -0.0709. The van der Waals surface area contributed by atoms with Crippen LogP contribution in [0.1, 0.15) is 40.9 Å². The van der Waals surface area contributed by atoms with Gasteiger partial charge in [0.25, 0.3) is 5.91 Å². The molecular formula is C19H21N3O3. The Morgan fingerprint density at radius 3 is 2.60 bits per heavy atom. The summed E-state index contributed by atoms with van der Waals surface area (Å²) in [7, 11) is 0. The topological polar surface area (TPSA) is 86.9 Å². The Kier molecular flexibility index (Phi) is 4.72. The molecule has 130 valence electrons. The minimum atomic E-state index is -0.914. The molecule has 0 fully saturated rings. The van der Waals surface area contributed by atoms with Crippen molar-refractivity contribution in [2.75, 3.05) is 11.4 Å². The standard InChI is InChI=1S/C19H21N3O3/c1-13(22(25)19(20)24)16-10-9-14-8-5-11-21(17(14)12-16)18(23)15-6-3-2-4-7-15/h2-4,6-7,9-10,12-13,25H,5,8,11H2,1H3,(H2,20,24). The smallest absolute Gasteiger partial charge is 0.339 e. The number of hydrogen-bond acceptors (Lipinski definition) is 3. The highest BCUT2D eigenvalue weighted by atomic mass is 16.5. The third kappa shape index (κ3) is 3.34. The number of nitrogens with zero attached hydrogens (tertiary/aromatic N) is 2. The molecule has 1 unspecified atom stereocenters. The van der Waals surface area contributed by atoms with Crippen molar-refractivity contribution in [3.05, 3.63) is 65.2 Å². The molecule has 6 nitrogen and oxygen atoms in total. The van der Waals surface area contributed by atoms with Crippen molar-refractivity contribution in [2.45, 2.75) is 25.8 Å². The van der Waals surface area contributed by atoms with E-state index in [1.54, 1.807) is 24.0 Å². The highest BCUT2D eigenvalue weighted by Gasteiger charge is 2.25. The zero-order valence-electron chi connectivity index (χ0n) is 14.1. The van der Waals surface area contributed by atoms with E-state index >= 15 is 0 Å². The van der Waals surface area contributed by atoms with Gasteiger partial charge in [-0.25, -0.2) is 4.79 Å². The number of anilines is 1. The van der Waals surface area contributed by atoms with Crippen LogP contribution < -0.4 is 10.6 Å². The predicted molar refractivity (Wildman–Crippen MR) is 94.5 cm³/mol. The molecule has 1 heterocycles. The molecule has 1 aliphatic rings. The third-order valence-electron chi connectivity index (χ3n) is 4.57. The van der Waals surface area contributed by atoms with Crippen LogP contribution in [0.15, 0.2) is 48.5 Å². The van der Waals surface area contributed by atoms with Gasteiger partial charge in [0.2, 0.25) is 0 Å². The van der Waals surface area contributed by atoms with Crippen molar-refractivity contribution in [1.29, 1.82) is 0 Å². The number of amides is 3. The van der Waals surface area contributed by atoms with E-state index in [0.717, 1.165) is 24.1 Å². The Labute approximate surface area is 146 Å². The van der Waals surface area contributed by atoms with E-state index in [1.165, 1.54) is 0 Å². The van der Waals surface area contributed by atoms with Crippen LogP contribution in [0.25, 0.3) is 0 Å². The number of nitrogens with two attached hydrogens (primary N) is 1. The van der Waals surface area contributed by atoms with Gasteiger partial charge in [0, 0.05) is 17.8 Å². The van der Waals surface area contributed by atoms with Crippen LogP contribution in [0.5, 0.6) is 0 Å². The van der Waals surface area contributed by atoms with E-state index in [4.69, 9.17) is 5.73 Å². The summed E-state index contributed by atoms with van der Waals surface area (Å²) in [5, 5.41) is 10.3. The number of rotatable bonds is 3. The molecular weight excluding hydrogens is 318 g/mol. The van der Waals surface area contributed by atoms with Crippen molar-refractivity contribution in [2.24, 2.45) is 5.73 Å². The molecule has 25 heavy (non-hydrogen) atoms. The number of primary amides is 1. The zero-order valence-corrected chi connectivity index (χ0v) is 14.1. The first kappa shape index (κ1) is 17.0. The Bertz CT molecular complexity index is 792. The number of hydrogen-bond donors (Lipinski definition) is 2. The second-order valence-electron chi connectivity index (χ2n) is 6.17. The van der Waals surface area contributed by atoms with Gasteiger partial charge in [-0.05, 0) is 49.1 Å². The average Bonchev–Trinajstić information content (AvgIpc) is 2.66. The summed E-state index contributed by atoms with van der Waals surface area (Å²) in [4.78, 5) is 25.8. The Hall–Kier alpha value is -2.86. The molecule has 1 aliphatic heterocycles. The normalized spacial score (nSPS) is 14.6. The van der Waals surface area contributed by atoms with Gasteiger partial charge >= 0.3 is 6.03 Å². The first-order valence-corrected chi connectivity index (χ1v) is 8.26. The van der Waals surface area contributed by atoms with Crippen molar-refractivity contribution in [3.8, 4) is 0 Å². The summed E-state index contributed by atoms with van der Waals surface area (Å²) in [5.74, 6) is -0.0536. The van der Waals surface area contributed by atoms with Crippen molar-refractivity contribution >= 4 is 17.6 Å². The molecule has 3 N–H and O–H groups in total. The van der Waals surface area contributed by atoms with Gasteiger partial charge in [-0.3, -0.25) is 10.0 Å². The molecule has 0 aliphatic carbocycles. The van der Waals surface area contributed by atoms with Crippen LogP contribution in [0.4, 0.5) is 10.5 Å². The molecule has 0 bridgehead atoms. The molecule has 2 aromatic carbocycles. The van der Waals surface area contributed by atoms with Gasteiger partial charge in [0.1, 0.15) is 0 Å². The van der Waals surface area contributed by atoms with Gasteiger partial charge in [-0.1, -0.05) is 30.3 Å². The maximum Gasteiger partial charge on any atom is 0.339 e. The van der Waals surface area contributed by atoms with E-state index in [1.807, 2.05) is 36.4 Å². The molecule has 3 rings (SSSR count). The molecule has 0 aromatic heterocycles.